The zero-order valence-electron chi connectivity index (χ0n) is 18.3. The number of pyridine rings is 2. The maximum Gasteiger partial charge on any atom is 0.356 e. The number of benzene rings is 1. The Morgan fingerprint density at radius 3 is 2.62 bits per heavy atom. The van der Waals surface area contributed by atoms with Crippen molar-refractivity contribution in [3.63, 3.8) is 0 Å². The largest absolute Gasteiger partial charge is 0.476 e. The highest BCUT2D eigenvalue weighted by Crippen LogP contribution is 2.32. The van der Waals surface area contributed by atoms with Gasteiger partial charge in [-0.3, -0.25) is 9.78 Å². The van der Waals surface area contributed by atoms with Crippen molar-refractivity contribution in [1.29, 1.82) is 0 Å². The van der Waals surface area contributed by atoms with Gasteiger partial charge in [0.15, 0.2) is 11.1 Å². The molecule has 1 atom stereocenters. The number of carboxylic acid groups (broad SMARTS) is 1. The standard InChI is InChI=1S/C25H23N3O4/c1-13-10-18(16(4)28-20-8-7-14(2)27-21(20)25(30)31)24-19(11-13)22(29)15(3)23(32-24)17-6-5-9-26-12-17/h5-12,16,28H,1-4H3,(H,30,31). The van der Waals surface area contributed by atoms with Crippen LogP contribution in [0.25, 0.3) is 22.3 Å². The van der Waals surface area contributed by atoms with Crippen LogP contribution in [0.4, 0.5) is 5.69 Å². The van der Waals surface area contributed by atoms with Gasteiger partial charge in [0.2, 0.25) is 0 Å². The molecule has 0 fully saturated rings. The second-order valence-corrected chi connectivity index (χ2v) is 7.88. The average molecular weight is 429 g/mol. The average Bonchev–Trinajstić information content (AvgIpc) is 2.77. The summed E-state index contributed by atoms with van der Waals surface area (Å²) in [5.41, 5.74) is 4.19. The van der Waals surface area contributed by atoms with Crippen LogP contribution in [0.3, 0.4) is 0 Å². The van der Waals surface area contributed by atoms with Crippen LogP contribution in [0.15, 0.2) is 58.0 Å². The van der Waals surface area contributed by atoms with E-state index in [1.54, 1.807) is 44.4 Å². The minimum absolute atomic E-state index is 0.0536. The maximum atomic E-state index is 13.2. The van der Waals surface area contributed by atoms with Crippen molar-refractivity contribution in [2.75, 3.05) is 5.32 Å². The number of hydrogen-bond donors (Lipinski definition) is 2. The van der Waals surface area contributed by atoms with Crippen molar-refractivity contribution in [2.45, 2.75) is 33.7 Å². The number of anilines is 1. The Hall–Kier alpha value is -4.00. The topological polar surface area (TPSA) is 105 Å². The molecule has 0 radical (unpaired) electrons. The number of rotatable bonds is 5. The number of hydrogen-bond acceptors (Lipinski definition) is 6. The van der Waals surface area contributed by atoms with Gasteiger partial charge < -0.3 is 14.8 Å². The van der Waals surface area contributed by atoms with Crippen LogP contribution in [0.1, 0.15) is 45.8 Å². The first-order chi connectivity index (χ1) is 15.3. The summed E-state index contributed by atoms with van der Waals surface area (Å²) in [4.78, 5) is 33.1. The molecule has 32 heavy (non-hydrogen) atoms. The first-order valence-electron chi connectivity index (χ1n) is 10.2. The summed E-state index contributed by atoms with van der Waals surface area (Å²) in [6, 6.07) is 10.5. The fraction of sp³-hybridized carbons (Fsp3) is 0.200. The molecule has 0 saturated heterocycles. The lowest BCUT2D eigenvalue weighted by atomic mass is 9.99. The van der Waals surface area contributed by atoms with E-state index in [-0.39, 0.29) is 17.2 Å². The molecule has 4 aromatic rings. The molecule has 0 bridgehead atoms. The predicted molar refractivity (Wildman–Crippen MR) is 123 cm³/mol. The van der Waals surface area contributed by atoms with Crippen molar-refractivity contribution in [1.82, 2.24) is 9.97 Å². The highest BCUT2D eigenvalue weighted by atomic mass is 16.4. The SMILES string of the molecule is Cc1cc(C(C)Nc2ccc(C)nc2C(=O)O)c2oc(-c3cccnc3)c(C)c(=O)c2c1. The number of aromatic carboxylic acids is 1. The number of carbonyl (C=O) groups is 1. The molecule has 7 nitrogen and oxygen atoms in total. The number of nitrogens with zero attached hydrogens (tertiary/aromatic N) is 2. The van der Waals surface area contributed by atoms with Gasteiger partial charge in [0.1, 0.15) is 11.3 Å². The molecule has 2 N–H and O–H groups in total. The molecule has 0 aliphatic carbocycles. The summed E-state index contributed by atoms with van der Waals surface area (Å²) in [5.74, 6) is -0.644. The molecule has 0 saturated carbocycles. The molecule has 1 unspecified atom stereocenters. The van der Waals surface area contributed by atoms with E-state index in [4.69, 9.17) is 4.42 Å². The minimum atomic E-state index is -1.11. The summed E-state index contributed by atoms with van der Waals surface area (Å²) < 4.78 is 6.29. The zero-order chi connectivity index (χ0) is 23.0. The zero-order valence-corrected chi connectivity index (χ0v) is 18.3. The molecule has 0 aliphatic rings. The first kappa shape index (κ1) is 21.2. The van der Waals surface area contributed by atoms with E-state index in [1.807, 2.05) is 32.0 Å². The van der Waals surface area contributed by atoms with Crippen molar-refractivity contribution in [3.05, 3.63) is 87.1 Å². The minimum Gasteiger partial charge on any atom is -0.476 e. The first-order valence-corrected chi connectivity index (χ1v) is 10.2. The van der Waals surface area contributed by atoms with Gasteiger partial charge in [0.05, 0.1) is 17.1 Å². The van der Waals surface area contributed by atoms with Crippen molar-refractivity contribution in [3.8, 4) is 11.3 Å². The number of aromatic nitrogens is 2. The van der Waals surface area contributed by atoms with Crippen molar-refractivity contribution in [2.24, 2.45) is 0 Å². The molecule has 162 valence electrons. The lowest BCUT2D eigenvalue weighted by Gasteiger charge is -2.19. The van der Waals surface area contributed by atoms with Crippen molar-refractivity contribution >= 4 is 22.6 Å². The van der Waals surface area contributed by atoms with E-state index in [0.29, 0.717) is 39.2 Å². The number of carboxylic acids is 1. The molecule has 0 aliphatic heterocycles. The molecule has 4 rings (SSSR count). The summed E-state index contributed by atoms with van der Waals surface area (Å²) in [6.45, 7) is 7.29. The number of aryl methyl sites for hydroxylation is 2. The molecule has 3 aromatic heterocycles. The molecule has 0 spiro atoms. The molecule has 1 aromatic carbocycles. The molecule has 3 heterocycles. The van der Waals surface area contributed by atoms with Gasteiger partial charge in [-0.25, -0.2) is 9.78 Å². The van der Waals surface area contributed by atoms with Gasteiger partial charge in [-0.1, -0.05) is 6.07 Å². The fourth-order valence-corrected chi connectivity index (χ4v) is 3.81. The lowest BCUT2D eigenvalue weighted by molar-refractivity contribution is 0.0691. The quantitative estimate of drug-likeness (QED) is 0.457. The van der Waals surface area contributed by atoms with Crippen LogP contribution in [-0.4, -0.2) is 21.0 Å². The molecular formula is C25H23N3O4. The van der Waals surface area contributed by atoms with E-state index in [2.05, 4.69) is 15.3 Å². The van der Waals surface area contributed by atoms with Crippen LogP contribution < -0.4 is 10.7 Å². The van der Waals surface area contributed by atoms with Gasteiger partial charge in [-0.2, -0.15) is 0 Å². The Balaban J connectivity index is 1.88. The molecule has 7 heteroatoms. The van der Waals surface area contributed by atoms with Crippen LogP contribution >= 0.6 is 0 Å². The Morgan fingerprint density at radius 1 is 1.16 bits per heavy atom. The van der Waals surface area contributed by atoms with E-state index >= 15 is 0 Å². The van der Waals surface area contributed by atoms with Crippen molar-refractivity contribution < 1.29 is 14.3 Å². The van der Waals surface area contributed by atoms with Gasteiger partial charge in [-0.15, -0.1) is 0 Å². The third-order valence-corrected chi connectivity index (χ3v) is 5.39. The Morgan fingerprint density at radius 2 is 1.94 bits per heavy atom. The van der Waals surface area contributed by atoms with Gasteiger partial charge in [0, 0.05) is 34.8 Å². The van der Waals surface area contributed by atoms with Gasteiger partial charge >= 0.3 is 5.97 Å². The third-order valence-electron chi connectivity index (χ3n) is 5.39. The summed E-state index contributed by atoms with van der Waals surface area (Å²) in [7, 11) is 0. The molecular weight excluding hydrogens is 406 g/mol. The van der Waals surface area contributed by atoms with Crippen LogP contribution in [0.2, 0.25) is 0 Å². The van der Waals surface area contributed by atoms with Crippen LogP contribution in [-0.2, 0) is 0 Å². The predicted octanol–water partition coefficient (Wildman–Crippen LogP) is 5.05. The van der Waals surface area contributed by atoms with Crippen LogP contribution in [0, 0.1) is 20.8 Å². The Bertz CT molecular complexity index is 1390. The van der Waals surface area contributed by atoms with E-state index < -0.39 is 5.97 Å². The smallest absolute Gasteiger partial charge is 0.356 e. The summed E-state index contributed by atoms with van der Waals surface area (Å²) in [6.07, 6.45) is 3.32. The van der Waals surface area contributed by atoms with E-state index in [0.717, 1.165) is 11.1 Å². The second kappa shape index (κ2) is 8.26. The van der Waals surface area contributed by atoms with E-state index in [9.17, 15) is 14.7 Å². The number of fused-ring (bicyclic) bond motifs is 1. The Labute approximate surface area is 184 Å². The Kier molecular flexibility index (Phi) is 5.48. The van der Waals surface area contributed by atoms with Crippen LogP contribution in [0.5, 0.6) is 0 Å². The monoisotopic (exact) mass is 429 g/mol. The van der Waals surface area contributed by atoms with E-state index in [1.165, 1.54) is 0 Å². The number of nitrogens with one attached hydrogen (secondary N) is 1. The fourth-order valence-electron chi connectivity index (χ4n) is 3.81. The summed E-state index contributed by atoms with van der Waals surface area (Å²) >= 11 is 0. The lowest BCUT2D eigenvalue weighted by Crippen LogP contribution is -2.15. The normalized spacial score (nSPS) is 12.0. The molecule has 0 amide bonds. The van der Waals surface area contributed by atoms with Gasteiger partial charge in [-0.05, 0) is 63.6 Å². The van der Waals surface area contributed by atoms with Gasteiger partial charge in [0.25, 0.3) is 0 Å². The highest BCUT2D eigenvalue weighted by molar-refractivity contribution is 5.92. The third kappa shape index (κ3) is 3.85. The summed E-state index contributed by atoms with van der Waals surface area (Å²) in [5, 5.41) is 13.3. The second-order valence-electron chi connectivity index (χ2n) is 7.88. The highest BCUT2D eigenvalue weighted by Gasteiger charge is 2.21. The maximum absolute atomic E-state index is 13.2.